The largest absolute Gasteiger partial charge is 0.465 e. The van der Waals surface area contributed by atoms with E-state index in [0.717, 1.165) is 5.52 Å². The SMILES string of the molecule is COC(=O)c1ccccc1NC(=O)c1ccc2c(c1)n(C)c(=O)n2C. The van der Waals surface area contributed by atoms with Gasteiger partial charge >= 0.3 is 11.7 Å². The lowest BCUT2D eigenvalue weighted by atomic mass is 10.1. The highest BCUT2D eigenvalue weighted by Gasteiger charge is 2.16. The fourth-order valence-corrected chi connectivity index (χ4v) is 2.72. The molecule has 1 amide bonds. The smallest absolute Gasteiger partial charge is 0.339 e. The van der Waals surface area contributed by atoms with Crippen LogP contribution in [0.25, 0.3) is 11.0 Å². The maximum absolute atomic E-state index is 12.6. The predicted octanol–water partition coefficient (Wildman–Crippen LogP) is 1.92. The van der Waals surface area contributed by atoms with Crippen LogP contribution < -0.4 is 11.0 Å². The number of hydrogen-bond acceptors (Lipinski definition) is 4. The third-order valence-corrected chi connectivity index (χ3v) is 4.11. The van der Waals surface area contributed by atoms with E-state index in [1.54, 1.807) is 56.6 Å². The summed E-state index contributed by atoms with van der Waals surface area (Å²) in [4.78, 5) is 36.4. The van der Waals surface area contributed by atoms with Gasteiger partial charge in [-0.05, 0) is 30.3 Å². The summed E-state index contributed by atoms with van der Waals surface area (Å²) in [5.74, 6) is -0.911. The van der Waals surface area contributed by atoms with Gasteiger partial charge in [-0.1, -0.05) is 12.1 Å². The van der Waals surface area contributed by atoms with Crippen LogP contribution in [0.5, 0.6) is 0 Å². The zero-order valence-electron chi connectivity index (χ0n) is 14.1. The molecule has 1 N–H and O–H groups in total. The number of anilines is 1. The molecule has 0 saturated heterocycles. The van der Waals surface area contributed by atoms with Crippen molar-refractivity contribution in [1.82, 2.24) is 9.13 Å². The highest BCUT2D eigenvalue weighted by Crippen LogP contribution is 2.19. The van der Waals surface area contributed by atoms with Crippen molar-refractivity contribution >= 4 is 28.6 Å². The van der Waals surface area contributed by atoms with Gasteiger partial charge in [-0.2, -0.15) is 0 Å². The highest BCUT2D eigenvalue weighted by atomic mass is 16.5. The van der Waals surface area contributed by atoms with Crippen molar-refractivity contribution in [1.29, 1.82) is 0 Å². The predicted molar refractivity (Wildman–Crippen MR) is 93.9 cm³/mol. The minimum absolute atomic E-state index is 0.163. The van der Waals surface area contributed by atoms with Crippen molar-refractivity contribution in [2.45, 2.75) is 0 Å². The monoisotopic (exact) mass is 339 g/mol. The number of amides is 1. The molecule has 3 aromatic rings. The number of nitrogens with one attached hydrogen (secondary N) is 1. The first-order valence-corrected chi connectivity index (χ1v) is 7.58. The molecule has 0 radical (unpaired) electrons. The summed E-state index contributed by atoms with van der Waals surface area (Å²) in [6.07, 6.45) is 0. The van der Waals surface area contributed by atoms with E-state index in [4.69, 9.17) is 4.74 Å². The standard InChI is InChI=1S/C18H17N3O4/c1-20-14-9-8-11(10-15(14)21(2)18(20)24)16(22)19-13-7-5-4-6-12(13)17(23)25-3/h4-10H,1-3H3,(H,19,22). The fraction of sp³-hybridized carbons (Fsp3) is 0.167. The molecule has 0 bridgehead atoms. The number of carbonyl (C=O) groups excluding carboxylic acids is 2. The summed E-state index contributed by atoms with van der Waals surface area (Å²) in [6.45, 7) is 0. The van der Waals surface area contributed by atoms with E-state index in [9.17, 15) is 14.4 Å². The topological polar surface area (TPSA) is 82.3 Å². The van der Waals surface area contributed by atoms with Crippen LogP contribution in [0.3, 0.4) is 0 Å². The third-order valence-electron chi connectivity index (χ3n) is 4.11. The third kappa shape index (κ3) is 2.80. The molecule has 7 nitrogen and oxygen atoms in total. The molecule has 2 aromatic carbocycles. The molecular weight excluding hydrogens is 322 g/mol. The number of esters is 1. The minimum atomic E-state index is -0.531. The molecule has 128 valence electrons. The van der Waals surface area contributed by atoms with Crippen LogP contribution in [0.4, 0.5) is 5.69 Å². The molecule has 0 aliphatic carbocycles. The highest BCUT2D eigenvalue weighted by molar-refractivity contribution is 6.09. The number of nitrogens with zero attached hydrogens (tertiary/aromatic N) is 2. The first-order chi connectivity index (χ1) is 11.9. The Hall–Kier alpha value is -3.35. The Balaban J connectivity index is 1.98. The van der Waals surface area contributed by atoms with Crippen LogP contribution in [-0.2, 0) is 18.8 Å². The van der Waals surface area contributed by atoms with Crippen LogP contribution in [0.15, 0.2) is 47.3 Å². The molecule has 3 rings (SSSR count). The Morgan fingerprint density at radius 3 is 2.40 bits per heavy atom. The molecule has 0 spiro atoms. The van der Waals surface area contributed by atoms with E-state index in [1.165, 1.54) is 16.2 Å². The number of imidazole rings is 1. The molecule has 1 heterocycles. The van der Waals surface area contributed by atoms with Gasteiger partial charge in [-0.25, -0.2) is 9.59 Å². The second kappa shape index (κ2) is 6.27. The Morgan fingerprint density at radius 2 is 1.68 bits per heavy atom. The molecule has 0 aliphatic heterocycles. The van der Waals surface area contributed by atoms with Crippen LogP contribution in [0, 0.1) is 0 Å². The van der Waals surface area contributed by atoms with Crippen LogP contribution in [0.1, 0.15) is 20.7 Å². The average molecular weight is 339 g/mol. The van der Waals surface area contributed by atoms with Gasteiger partial charge in [0, 0.05) is 19.7 Å². The van der Waals surface area contributed by atoms with E-state index < -0.39 is 5.97 Å². The molecule has 0 aliphatic rings. The van der Waals surface area contributed by atoms with Crippen LogP contribution in [-0.4, -0.2) is 28.1 Å². The Kier molecular flexibility index (Phi) is 4.14. The summed E-state index contributed by atoms with van der Waals surface area (Å²) in [5.41, 5.74) is 2.24. The zero-order chi connectivity index (χ0) is 18.1. The van der Waals surface area contributed by atoms with E-state index in [0.29, 0.717) is 16.8 Å². The lowest BCUT2D eigenvalue weighted by Crippen LogP contribution is -2.19. The van der Waals surface area contributed by atoms with Gasteiger partial charge < -0.3 is 10.1 Å². The van der Waals surface area contributed by atoms with E-state index in [1.807, 2.05) is 0 Å². The molecule has 0 fully saturated rings. The summed E-state index contributed by atoms with van der Waals surface area (Å²) in [5, 5.41) is 2.71. The maximum Gasteiger partial charge on any atom is 0.339 e. The molecule has 7 heteroatoms. The van der Waals surface area contributed by atoms with Crippen molar-refractivity contribution in [2.75, 3.05) is 12.4 Å². The van der Waals surface area contributed by atoms with Crippen LogP contribution >= 0.6 is 0 Å². The first-order valence-electron chi connectivity index (χ1n) is 7.58. The molecule has 1 aromatic heterocycles. The van der Waals surface area contributed by atoms with Crippen molar-refractivity contribution < 1.29 is 14.3 Å². The number of benzene rings is 2. The Morgan fingerprint density at radius 1 is 1.00 bits per heavy atom. The first kappa shape index (κ1) is 16.5. The number of fused-ring (bicyclic) bond motifs is 1. The lowest BCUT2D eigenvalue weighted by Gasteiger charge is -2.10. The second-order valence-corrected chi connectivity index (χ2v) is 5.60. The van der Waals surface area contributed by atoms with Crippen molar-refractivity contribution in [3.8, 4) is 0 Å². The van der Waals surface area contributed by atoms with Crippen LogP contribution in [0.2, 0.25) is 0 Å². The number of hydrogen-bond donors (Lipinski definition) is 1. The quantitative estimate of drug-likeness (QED) is 0.739. The summed E-state index contributed by atoms with van der Waals surface area (Å²) >= 11 is 0. The summed E-state index contributed by atoms with van der Waals surface area (Å²) in [7, 11) is 4.61. The van der Waals surface area contributed by atoms with Crippen molar-refractivity contribution in [3.63, 3.8) is 0 Å². The van der Waals surface area contributed by atoms with Gasteiger partial charge in [0.05, 0.1) is 29.4 Å². The number of ether oxygens (including phenoxy) is 1. The molecule has 0 unspecified atom stereocenters. The van der Waals surface area contributed by atoms with E-state index >= 15 is 0 Å². The van der Waals surface area contributed by atoms with E-state index in [-0.39, 0.29) is 17.2 Å². The van der Waals surface area contributed by atoms with Crippen molar-refractivity contribution in [2.24, 2.45) is 14.1 Å². The van der Waals surface area contributed by atoms with Gasteiger partial charge in [0.25, 0.3) is 5.91 Å². The number of para-hydroxylation sites is 1. The molecular formula is C18H17N3O4. The summed E-state index contributed by atoms with van der Waals surface area (Å²) < 4.78 is 7.72. The van der Waals surface area contributed by atoms with Gasteiger partial charge in [0.2, 0.25) is 0 Å². The molecule has 0 atom stereocenters. The normalized spacial score (nSPS) is 10.7. The Labute approximate surface area is 143 Å². The molecule has 0 saturated carbocycles. The van der Waals surface area contributed by atoms with Gasteiger partial charge in [-0.3, -0.25) is 13.9 Å². The molecule has 25 heavy (non-hydrogen) atoms. The van der Waals surface area contributed by atoms with Gasteiger partial charge in [0.1, 0.15) is 0 Å². The van der Waals surface area contributed by atoms with Gasteiger partial charge in [0.15, 0.2) is 0 Å². The number of rotatable bonds is 3. The fourth-order valence-electron chi connectivity index (χ4n) is 2.72. The maximum atomic E-state index is 12.6. The zero-order valence-corrected chi connectivity index (χ0v) is 14.1. The number of aryl methyl sites for hydroxylation is 2. The average Bonchev–Trinajstić information content (AvgIpc) is 2.85. The summed E-state index contributed by atoms with van der Waals surface area (Å²) in [6, 6.07) is 11.6. The van der Waals surface area contributed by atoms with Gasteiger partial charge in [-0.15, -0.1) is 0 Å². The Bertz CT molecular complexity index is 1050. The minimum Gasteiger partial charge on any atom is -0.465 e. The number of carbonyl (C=O) groups is 2. The second-order valence-electron chi connectivity index (χ2n) is 5.60. The lowest BCUT2D eigenvalue weighted by molar-refractivity contribution is 0.0602. The number of methoxy groups -OCH3 is 1. The number of aromatic nitrogens is 2. The van der Waals surface area contributed by atoms with Crippen molar-refractivity contribution in [3.05, 3.63) is 64.1 Å². The van der Waals surface area contributed by atoms with E-state index in [2.05, 4.69) is 5.32 Å².